The fourth-order valence-electron chi connectivity index (χ4n) is 1.42. The third kappa shape index (κ3) is 3.75. The van der Waals surface area contributed by atoms with E-state index in [1.165, 1.54) is 11.0 Å². The van der Waals surface area contributed by atoms with E-state index in [4.69, 9.17) is 5.11 Å². The second-order valence-electron chi connectivity index (χ2n) is 3.73. The van der Waals surface area contributed by atoms with E-state index in [-0.39, 0.29) is 19.0 Å². The van der Waals surface area contributed by atoms with Gasteiger partial charge in [0.05, 0.1) is 0 Å². The number of rotatable bonds is 5. The predicted molar refractivity (Wildman–Crippen MR) is 64.9 cm³/mol. The zero-order valence-corrected chi connectivity index (χ0v) is 9.72. The molecule has 1 aromatic carbocycles. The summed E-state index contributed by atoms with van der Waals surface area (Å²) in [6.45, 7) is 5.34. The highest BCUT2D eigenvalue weighted by Crippen LogP contribution is 2.07. The van der Waals surface area contributed by atoms with Crippen molar-refractivity contribution in [3.05, 3.63) is 48.0 Å². The molecule has 0 bridgehead atoms. The first-order chi connectivity index (χ1) is 8.04. The number of carbonyl (C=O) groups excluding carboxylic acids is 1. The SMILES string of the molecule is C=CCN(CC(=O)O)C(=O)c1ccc(C)cc1. The molecule has 0 spiro atoms. The molecule has 1 aromatic rings. The molecule has 0 unspecified atom stereocenters. The van der Waals surface area contributed by atoms with Crippen LogP contribution in [0.5, 0.6) is 0 Å². The van der Waals surface area contributed by atoms with Gasteiger partial charge in [-0.05, 0) is 19.1 Å². The number of aliphatic carboxylic acids is 1. The number of nitrogens with zero attached hydrogens (tertiary/aromatic N) is 1. The lowest BCUT2D eigenvalue weighted by atomic mass is 10.1. The fraction of sp³-hybridized carbons (Fsp3) is 0.231. The van der Waals surface area contributed by atoms with Gasteiger partial charge in [0.2, 0.25) is 0 Å². The molecular formula is C13H15NO3. The van der Waals surface area contributed by atoms with Crippen molar-refractivity contribution in [2.75, 3.05) is 13.1 Å². The van der Waals surface area contributed by atoms with Crippen molar-refractivity contribution in [2.24, 2.45) is 0 Å². The van der Waals surface area contributed by atoms with Crippen LogP contribution in [-0.4, -0.2) is 35.0 Å². The fourth-order valence-corrected chi connectivity index (χ4v) is 1.42. The molecule has 0 aliphatic rings. The average molecular weight is 233 g/mol. The molecule has 0 heterocycles. The maximum Gasteiger partial charge on any atom is 0.323 e. The summed E-state index contributed by atoms with van der Waals surface area (Å²) in [5, 5.41) is 8.72. The Hall–Kier alpha value is -2.10. The van der Waals surface area contributed by atoms with Gasteiger partial charge in [-0.3, -0.25) is 9.59 Å². The van der Waals surface area contributed by atoms with Gasteiger partial charge in [-0.25, -0.2) is 0 Å². The van der Waals surface area contributed by atoms with Crippen LogP contribution in [-0.2, 0) is 4.79 Å². The highest BCUT2D eigenvalue weighted by atomic mass is 16.4. The van der Waals surface area contributed by atoms with Crippen molar-refractivity contribution in [3.8, 4) is 0 Å². The minimum atomic E-state index is -1.03. The van der Waals surface area contributed by atoms with Gasteiger partial charge in [-0.1, -0.05) is 23.8 Å². The van der Waals surface area contributed by atoms with Crippen LogP contribution in [0.15, 0.2) is 36.9 Å². The van der Waals surface area contributed by atoms with E-state index in [0.717, 1.165) is 5.56 Å². The number of carboxylic acid groups (broad SMARTS) is 1. The van der Waals surface area contributed by atoms with Gasteiger partial charge < -0.3 is 10.0 Å². The largest absolute Gasteiger partial charge is 0.480 e. The summed E-state index contributed by atoms with van der Waals surface area (Å²) in [7, 11) is 0. The summed E-state index contributed by atoms with van der Waals surface area (Å²) in [4.78, 5) is 23.9. The Morgan fingerprint density at radius 2 is 1.94 bits per heavy atom. The molecular weight excluding hydrogens is 218 g/mol. The molecule has 4 heteroatoms. The molecule has 1 amide bonds. The Balaban J connectivity index is 2.86. The van der Waals surface area contributed by atoms with Crippen LogP contribution in [0.2, 0.25) is 0 Å². The first kappa shape index (κ1) is 13.0. The first-order valence-electron chi connectivity index (χ1n) is 5.23. The monoisotopic (exact) mass is 233 g/mol. The van der Waals surface area contributed by atoms with Crippen molar-refractivity contribution >= 4 is 11.9 Å². The van der Waals surface area contributed by atoms with Crippen molar-refractivity contribution < 1.29 is 14.7 Å². The number of aryl methyl sites for hydroxylation is 1. The predicted octanol–water partition coefficient (Wildman–Crippen LogP) is 1.71. The Bertz CT molecular complexity index is 423. The normalized spacial score (nSPS) is 9.71. The summed E-state index contributed by atoms with van der Waals surface area (Å²) in [5.41, 5.74) is 1.54. The number of carboxylic acids is 1. The van der Waals surface area contributed by atoms with Crippen molar-refractivity contribution in [2.45, 2.75) is 6.92 Å². The smallest absolute Gasteiger partial charge is 0.323 e. The van der Waals surface area contributed by atoms with E-state index in [9.17, 15) is 9.59 Å². The summed E-state index contributed by atoms with van der Waals surface area (Å²) < 4.78 is 0. The number of benzene rings is 1. The van der Waals surface area contributed by atoms with Crippen LogP contribution in [0.25, 0.3) is 0 Å². The Morgan fingerprint density at radius 3 is 2.41 bits per heavy atom. The third-order valence-corrected chi connectivity index (χ3v) is 2.26. The van der Waals surface area contributed by atoms with E-state index < -0.39 is 5.97 Å². The molecule has 17 heavy (non-hydrogen) atoms. The molecule has 0 atom stereocenters. The maximum atomic E-state index is 12.0. The molecule has 0 radical (unpaired) electrons. The van der Waals surface area contributed by atoms with Crippen LogP contribution in [0.4, 0.5) is 0 Å². The van der Waals surface area contributed by atoms with Crippen LogP contribution in [0.3, 0.4) is 0 Å². The Kier molecular flexibility index (Phi) is 4.46. The van der Waals surface area contributed by atoms with Crippen molar-refractivity contribution in [3.63, 3.8) is 0 Å². The van der Waals surface area contributed by atoms with E-state index in [2.05, 4.69) is 6.58 Å². The van der Waals surface area contributed by atoms with Crippen LogP contribution in [0, 0.1) is 6.92 Å². The number of amides is 1. The van der Waals surface area contributed by atoms with E-state index >= 15 is 0 Å². The minimum Gasteiger partial charge on any atom is -0.480 e. The maximum absolute atomic E-state index is 12.0. The lowest BCUT2D eigenvalue weighted by Crippen LogP contribution is -2.35. The van der Waals surface area contributed by atoms with E-state index in [1.54, 1.807) is 12.1 Å². The van der Waals surface area contributed by atoms with Gasteiger partial charge in [0.15, 0.2) is 0 Å². The van der Waals surface area contributed by atoms with Crippen molar-refractivity contribution in [1.82, 2.24) is 4.90 Å². The van der Waals surface area contributed by atoms with Crippen LogP contribution < -0.4 is 0 Å². The van der Waals surface area contributed by atoms with Gasteiger partial charge in [0, 0.05) is 12.1 Å². The van der Waals surface area contributed by atoms with E-state index in [1.807, 2.05) is 19.1 Å². The topological polar surface area (TPSA) is 57.6 Å². The number of hydrogen-bond acceptors (Lipinski definition) is 2. The zero-order chi connectivity index (χ0) is 12.8. The van der Waals surface area contributed by atoms with Gasteiger partial charge in [0.25, 0.3) is 5.91 Å². The molecule has 0 saturated heterocycles. The van der Waals surface area contributed by atoms with Gasteiger partial charge in [0.1, 0.15) is 6.54 Å². The number of carbonyl (C=O) groups is 2. The summed E-state index contributed by atoms with van der Waals surface area (Å²) >= 11 is 0. The number of hydrogen-bond donors (Lipinski definition) is 1. The van der Waals surface area contributed by atoms with Crippen LogP contribution in [0.1, 0.15) is 15.9 Å². The second-order valence-corrected chi connectivity index (χ2v) is 3.73. The summed E-state index contributed by atoms with van der Waals surface area (Å²) in [5.74, 6) is -1.33. The lowest BCUT2D eigenvalue weighted by molar-refractivity contribution is -0.137. The third-order valence-electron chi connectivity index (χ3n) is 2.26. The Morgan fingerprint density at radius 1 is 1.35 bits per heavy atom. The molecule has 1 N–H and O–H groups in total. The lowest BCUT2D eigenvalue weighted by Gasteiger charge is -2.18. The first-order valence-corrected chi connectivity index (χ1v) is 5.23. The molecule has 0 aromatic heterocycles. The summed E-state index contributed by atoms with van der Waals surface area (Å²) in [6.07, 6.45) is 1.51. The van der Waals surface area contributed by atoms with Gasteiger partial charge in [-0.2, -0.15) is 0 Å². The molecule has 0 aliphatic carbocycles. The standard InChI is InChI=1S/C13H15NO3/c1-3-8-14(9-12(15)16)13(17)11-6-4-10(2)5-7-11/h3-7H,1,8-9H2,2H3,(H,15,16). The molecule has 90 valence electrons. The van der Waals surface area contributed by atoms with E-state index in [0.29, 0.717) is 5.56 Å². The molecule has 1 rings (SSSR count). The van der Waals surface area contributed by atoms with Gasteiger partial charge in [-0.15, -0.1) is 6.58 Å². The Labute approximate surface area is 100 Å². The minimum absolute atomic E-state index is 0.221. The zero-order valence-electron chi connectivity index (χ0n) is 9.72. The van der Waals surface area contributed by atoms with Crippen LogP contribution >= 0.6 is 0 Å². The second kappa shape index (κ2) is 5.84. The molecule has 0 saturated carbocycles. The summed E-state index contributed by atoms with van der Waals surface area (Å²) in [6, 6.07) is 7.02. The highest BCUT2D eigenvalue weighted by Gasteiger charge is 2.16. The molecule has 0 aliphatic heterocycles. The van der Waals surface area contributed by atoms with Gasteiger partial charge >= 0.3 is 5.97 Å². The average Bonchev–Trinajstić information content (AvgIpc) is 2.28. The van der Waals surface area contributed by atoms with Crippen molar-refractivity contribution in [1.29, 1.82) is 0 Å². The quantitative estimate of drug-likeness (QED) is 0.787. The molecule has 4 nitrogen and oxygen atoms in total. The molecule has 0 fully saturated rings. The highest BCUT2D eigenvalue weighted by molar-refractivity contribution is 5.95.